The SMILES string of the molecule is CCC(C)(C1C=CC=C1)C1C=CC=C1. The predicted octanol–water partition coefficient (Wildman–Crippen LogP) is 3.89. The number of hydrogen-bond donors (Lipinski definition) is 0. The summed E-state index contributed by atoms with van der Waals surface area (Å²) in [5, 5.41) is 0. The lowest BCUT2D eigenvalue weighted by molar-refractivity contribution is 0.209. The Kier molecular flexibility index (Phi) is 2.45. The van der Waals surface area contributed by atoms with Gasteiger partial charge in [-0.15, -0.1) is 0 Å². The molecule has 0 aromatic carbocycles. The highest BCUT2D eigenvalue weighted by Crippen LogP contribution is 2.44. The van der Waals surface area contributed by atoms with Gasteiger partial charge in [0.25, 0.3) is 0 Å². The Hall–Kier alpha value is -1.04. The van der Waals surface area contributed by atoms with Crippen molar-refractivity contribution < 1.29 is 0 Å². The van der Waals surface area contributed by atoms with Crippen LogP contribution in [-0.4, -0.2) is 0 Å². The molecule has 0 heterocycles. The topological polar surface area (TPSA) is 0 Å². The molecule has 0 amide bonds. The fraction of sp³-hybridized carbons (Fsp3) is 0.429. The third-order valence-electron chi connectivity index (χ3n) is 3.78. The van der Waals surface area contributed by atoms with Crippen LogP contribution in [0.5, 0.6) is 0 Å². The highest BCUT2D eigenvalue weighted by atomic mass is 14.4. The molecule has 0 heteroatoms. The first-order chi connectivity index (χ1) is 6.77. The van der Waals surface area contributed by atoms with Crippen LogP contribution >= 0.6 is 0 Å². The average Bonchev–Trinajstić information content (AvgIpc) is 2.88. The molecule has 0 saturated carbocycles. The van der Waals surface area contributed by atoms with Gasteiger partial charge >= 0.3 is 0 Å². The molecule has 0 atom stereocenters. The molecule has 2 aliphatic rings. The number of rotatable bonds is 3. The average molecular weight is 186 g/mol. The first-order valence-corrected chi connectivity index (χ1v) is 5.47. The monoisotopic (exact) mass is 186 g/mol. The van der Waals surface area contributed by atoms with Crippen LogP contribution in [0.3, 0.4) is 0 Å². The summed E-state index contributed by atoms with van der Waals surface area (Å²) < 4.78 is 0. The van der Waals surface area contributed by atoms with E-state index in [1.807, 2.05) is 0 Å². The second kappa shape index (κ2) is 3.61. The highest BCUT2D eigenvalue weighted by molar-refractivity contribution is 5.27. The zero-order valence-corrected chi connectivity index (χ0v) is 8.98. The Bertz CT molecular complexity index is 263. The van der Waals surface area contributed by atoms with Crippen molar-refractivity contribution in [3.63, 3.8) is 0 Å². The molecule has 2 rings (SSSR count). The molecule has 74 valence electrons. The summed E-state index contributed by atoms with van der Waals surface area (Å²) in [6.45, 7) is 4.68. The normalized spacial score (nSPS) is 21.6. The summed E-state index contributed by atoms with van der Waals surface area (Å²) in [6.07, 6.45) is 19.2. The molecule has 0 fully saturated rings. The molecule has 0 spiro atoms. The third-order valence-corrected chi connectivity index (χ3v) is 3.78. The molecule has 0 bridgehead atoms. The molecule has 14 heavy (non-hydrogen) atoms. The Labute approximate surface area is 86.7 Å². The van der Waals surface area contributed by atoms with Crippen molar-refractivity contribution in [2.24, 2.45) is 17.3 Å². The van der Waals surface area contributed by atoms with Crippen molar-refractivity contribution in [3.8, 4) is 0 Å². The highest BCUT2D eigenvalue weighted by Gasteiger charge is 2.36. The van der Waals surface area contributed by atoms with Gasteiger partial charge in [-0.1, -0.05) is 62.5 Å². The Balaban J connectivity index is 2.24. The Morgan fingerprint density at radius 1 is 0.857 bits per heavy atom. The van der Waals surface area contributed by atoms with Gasteiger partial charge in [-0.05, 0) is 11.8 Å². The van der Waals surface area contributed by atoms with Crippen molar-refractivity contribution in [3.05, 3.63) is 48.6 Å². The Morgan fingerprint density at radius 2 is 1.21 bits per heavy atom. The zero-order valence-electron chi connectivity index (χ0n) is 8.98. The molecule has 0 saturated heterocycles. The van der Waals surface area contributed by atoms with E-state index in [4.69, 9.17) is 0 Å². The molecule has 0 N–H and O–H groups in total. The molecule has 0 nitrogen and oxygen atoms in total. The van der Waals surface area contributed by atoms with Gasteiger partial charge in [0.1, 0.15) is 0 Å². The van der Waals surface area contributed by atoms with Crippen molar-refractivity contribution >= 4 is 0 Å². The smallest absolute Gasteiger partial charge is 0.00152 e. The fourth-order valence-electron chi connectivity index (χ4n) is 2.44. The van der Waals surface area contributed by atoms with Crippen LogP contribution in [0.4, 0.5) is 0 Å². The second-order valence-corrected chi connectivity index (χ2v) is 4.45. The maximum absolute atomic E-state index is 2.39. The fourth-order valence-corrected chi connectivity index (χ4v) is 2.44. The van der Waals surface area contributed by atoms with E-state index in [9.17, 15) is 0 Å². The summed E-state index contributed by atoms with van der Waals surface area (Å²) in [5.41, 5.74) is 0.354. The number of allylic oxidation sites excluding steroid dienone is 8. The van der Waals surface area contributed by atoms with Crippen molar-refractivity contribution in [1.82, 2.24) is 0 Å². The van der Waals surface area contributed by atoms with Crippen LogP contribution in [0.2, 0.25) is 0 Å². The molecule has 2 aliphatic carbocycles. The maximum Gasteiger partial charge on any atom is 0.00152 e. The van der Waals surface area contributed by atoms with Crippen molar-refractivity contribution in [2.75, 3.05) is 0 Å². The predicted molar refractivity (Wildman–Crippen MR) is 61.9 cm³/mol. The van der Waals surface area contributed by atoms with E-state index in [1.165, 1.54) is 6.42 Å². The lowest BCUT2D eigenvalue weighted by Crippen LogP contribution is -2.30. The van der Waals surface area contributed by atoms with Gasteiger partial charge in [0.2, 0.25) is 0 Å². The third kappa shape index (κ3) is 1.39. The summed E-state index contributed by atoms with van der Waals surface area (Å²) in [6, 6.07) is 0. The second-order valence-electron chi connectivity index (χ2n) is 4.45. The van der Waals surface area contributed by atoms with Crippen LogP contribution in [-0.2, 0) is 0 Å². The maximum atomic E-state index is 2.39. The van der Waals surface area contributed by atoms with E-state index < -0.39 is 0 Å². The van der Waals surface area contributed by atoms with Crippen LogP contribution in [0.1, 0.15) is 20.3 Å². The van der Waals surface area contributed by atoms with Gasteiger partial charge in [-0.2, -0.15) is 0 Å². The van der Waals surface area contributed by atoms with Gasteiger partial charge < -0.3 is 0 Å². The lowest BCUT2D eigenvalue weighted by atomic mass is 9.67. The first kappa shape index (κ1) is 9.51. The van der Waals surface area contributed by atoms with Crippen LogP contribution in [0.15, 0.2) is 48.6 Å². The number of hydrogen-bond acceptors (Lipinski definition) is 0. The van der Waals surface area contributed by atoms with Gasteiger partial charge in [0, 0.05) is 11.8 Å². The molecular formula is C14H18. The van der Waals surface area contributed by atoms with Crippen molar-refractivity contribution in [1.29, 1.82) is 0 Å². The first-order valence-electron chi connectivity index (χ1n) is 5.47. The van der Waals surface area contributed by atoms with E-state index in [0.29, 0.717) is 17.3 Å². The van der Waals surface area contributed by atoms with Crippen molar-refractivity contribution in [2.45, 2.75) is 20.3 Å². The summed E-state index contributed by atoms with van der Waals surface area (Å²) >= 11 is 0. The zero-order chi connectivity index (χ0) is 10.0. The van der Waals surface area contributed by atoms with Crippen LogP contribution < -0.4 is 0 Å². The quantitative estimate of drug-likeness (QED) is 0.627. The Morgan fingerprint density at radius 3 is 1.50 bits per heavy atom. The molecule has 0 aromatic heterocycles. The summed E-state index contributed by atoms with van der Waals surface area (Å²) in [5.74, 6) is 1.20. The van der Waals surface area contributed by atoms with Crippen LogP contribution in [0.25, 0.3) is 0 Å². The van der Waals surface area contributed by atoms with E-state index in [2.05, 4.69) is 62.5 Å². The molecule has 0 radical (unpaired) electrons. The molecule has 0 aromatic rings. The molecule has 0 unspecified atom stereocenters. The van der Waals surface area contributed by atoms with Gasteiger partial charge in [-0.25, -0.2) is 0 Å². The van der Waals surface area contributed by atoms with Gasteiger partial charge in [0.05, 0.1) is 0 Å². The summed E-state index contributed by atoms with van der Waals surface area (Å²) in [4.78, 5) is 0. The minimum atomic E-state index is 0.354. The van der Waals surface area contributed by atoms with E-state index in [-0.39, 0.29) is 0 Å². The molecule has 0 aliphatic heterocycles. The summed E-state index contributed by atoms with van der Waals surface area (Å²) in [7, 11) is 0. The van der Waals surface area contributed by atoms with E-state index >= 15 is 0 Å². The largest absolute Gasteiger partial charge is 0.0770 e. The molecular weight excluding hydrogens is 168 g/mol. The standard InChI is InChI=1S/C14H18/c1-3-14(2,12-8-4-5-9-12)13-10-6-7-11-13/h4-13H,3H2,1-2H3. The van der Waals surface area contributed by atoms with E-state index in [1.54, 1.807) is 0 Å². The minimum absolute atomic E-state index is 0.354. The van der Waals surface area contributed by atoms with Gasteiger partial charge in [-0.3, -0.25) is 0 Å². The lowest BCUT2D eigenvalue weighted by Gasteiger charge is -2.37. The van der Waals surface area contributed by atoms with E-state index in [0.717, 1.165) is 0 Å². The van der Waals surface area contributed by atoms with Gasteiger partial charge in [0.15, 0.2) is 0 Å². The minimum Gasteiger partial charge on any atom is -0.0770 e. The van der Waals surface area contributed by atoms with Crippen LogP contribution in [0, 0.1) is 17.3 Å².